The lowest BCUT2D eigenvalue weighted by Crippen LogP contribution is -2.00. The van der Waals surface area contributed by atoms with Crippen LogP contribution in [-0.4, -0.2) is 13.1 Å². The molecule has 0 spiro atoms. The van der Waals surface area contributed by atoms with E-state index in [4.69, 9.17) is 5.26 Å². The zero-order chi connectivity index (χ0) is 10.4. The second kappa shape index (κ2) is 5.03. The van der Waals surface area contributed by atoms with Gasteiger partial charge in [-0.3, -0.25) is 4.79 Å². The fraction of sp³-hybridized carbons (Fsp3) is 0.273. The van der Waals surface area contributed by atoms with Crippen molar-refractivity contribution in [3.63, 3.8) is 0 Å². The first-order chi connectivity index (χ1) is 6.76. The van der Waals surface area contributed by atoms with Gasteiger partial charge in [0.15, 0.2) is 0 Å². The number of rotatable bonds is 2. The van der Waals surface area contributed by atoms with E-state index < -0.39 is 0 Å². The van der Waals surface area contributed by atoms with E-state index in [1.54, 1.807) is 24.3 Å². The van der Waals surface area contributed by atoms with Crippen LogP contribution >= 0.6 is 0 Å². The molecule has 1 atom stereocenters. The van der Waals surface area contributed by atoms with E-state index in [0.717, 1.165) is 5.57 Å². The van der Waals surface area contributed by atoms with Gasteiger partial charge in [-0.2, -0.15) is 5.26 Å². The van der Waals surface area contributed by atoms with Gasteiger partial charge in [0, 0.05) is 0 Å². The lowest BCUT2D eigenvalue weighted by molar-refractivity contribution is -0.139. The van der Waals surface area contributed by atoms with Gasteiger partial charge >= 0.3 is 5.97 Å². The summed E-state index contributed by atoms with van der Waals surface area (Å²) in [6, 6.07) is 2.11. The highest BCUT2D eigenvalue weighted by atomic mass is 16.5. The standard InChI is InChI=1S/C11H11NO2/c1-14-11(13)7-9-3-2-4-10(8-12)6-5-9/h2-6,10H,7H2,1H3. The molecular weight excluding hydrogens is 178 g/mol. The minimum absolute atomic E-state index is 0.207. The molecule has 0 bridgehead atoms. The summed E-state index contributed by atoms with van der Waals surface area (Å²) in [5, 5.41) is 8.66. The Kier molecular flexibility index (Phi) is 3.69. The molecule has 72 valence electrons. The van der Waals surface area contributed by atoms with Gasteiger partial charge in [-0.15, -0.1) is 0 Å². The van der Waals surface area contributed by atoms with Crippen molar-refractivity contribution >= 4 is 5.97 Å². The largest absolute Gasteiger partial charge is 0.469 e. The molecule has 0 saturated carbocycles. The Morgan fingerprint density at radius 1 is 1.64 bits per heavy atom. The molecular formula is C11H11NO2. The minimum atomic E-state index is -0.273. The molecule has 0 aromatic carbocycles. The fourth-order valence-corrected chi connectivity index (χ4v) is 1.09. The predicted octanol–water partition coefficient (Wildman–Crippen LogP) is 1.74. The number of hydrogen-bond donors (Lipinski definition) is 0. The molecule has 14 heavy (non-hydrogen) atoms. The first-order valence-electron chi connectivity index (χ1n) is 4.28. The van der Waals surface area contributed by atoms with Crippen molar-refractivity contribution in [2.24, 2.45) is 5.92 Å². The summed E-state index contributed by atoms with van der Waals surface area (Å²) < 4.78 is 4.54. The second-order valence-electron chi connectivity index (χ2n) is 2.89. The highest BCUT2D eigenvalue weighted by Crippen LogP contribution is 2.12. The van der Waals surface area contributed by atoms with Crippen molar-refractivity contribution in [3.05, 3.63) is 36.0 Å². The lowest BCUT2D eigenvalue weighted by atomic mass is 10.1. The first kappa shape index (κ1) is 10.3. The van der Waals surface area contributed by atoms with E-state index in [-0.39, 0.29) is 18.3 Å². The van der Waals surface area contributed by atoms with Gasteiger partial charge in [0.2, 0.25) is 0 Å². The van der Waals surface area contributed by atoms with Gasteiger partial charge in [-0.1, -0.05) is 30.4 Å². The number of carbonyl (C=O) groups excluding carboxylic acids is 1. The van der Waals surface area contributed by atoms with Gasteiger partial charge in [-0.25, -0.2) is 0 Å². The van der Waals surface area contributed by atoms with E-state index in [0.29, 0.717) is 0 Å². The Morgan fingerprint density at radius 3 is 3.07 bits per heavy atom. The quantitative estimate of drug-likeness (QED) is 0.622. The van der Waals surface area contributed by atoms with Crippen molar-refractivity contribution in [2.75, 3.05) is 7.11 Å². The van der Waals surface area contributed by atoms with Crippen molar-refractivity contribution in [3.8, 4) is 6.07 Å². The van der Waals surface area contributed by atoms with Crippen molar-refractivity contribution in [1.29, 1.82) is 5.26 Å². The Labute approximate surface area is 83.0 Å². The number of methoxy groups -OCH3 is 1. The first-order valence-corrected chi connectivity index (χ1v) is 4.28. The van der Waals surface area contributed by atoms with Crippen LogP contribution in [0.25, 0.3) is 0 Å². The Morgan fingerprint density at radius 2 is 2.43 bits per heavy atom. The van der Waals surface area contributed by atoms with E-state index in [9.17, 15) is 4.79 Å². The molecule has 3 nitrogen and oxygen atoms in total. The number of allylic oxidation sites excluding steroid dienone is 5. The summed E-state index contributed by atoms with van der Waals surface area (Å²) >= 11 is 0. The number of nitrogens with zero attached hydrogens (tertiary/aromatic N) is 1. The molecule has 0 saturated heterocycles. The summed E-state index contributed by atoms with van der Waals surface area (Å²) in [5.74, 6) is -0.480. The van der Waals surface area contributed by atoms with E-state index in [1.807, 2.05) is 6.08 Å². The molecule has 0 aromatic rings. The van der Waals surface area contributed by atoms with Crippen LogP contribution in [0.3, 0.4) is 0 Å². The highest BCUT2D eigenvalue weighted by Gasteiger charge is 2.05. The summed E-state index contributed by atoms with van der Waals surface area (Å²) in [5.41, 5.74) is 0.853. The maximum atomic E-state index is 11.0. The Hall–Kier alpha value is -1.82. The van der Waals surface area contributed by atoms with Gasteiger partial charge in [-0.05, 0) is 5.57 Å². The summed E-state index contributed by atoms with van der Waals surface area (Å²) in [7, 11) is 1.36. The second-order valence-corrected chi connectivity index (χ2v) is 2.89. The number of ether oxygens (including phenoxy) is 1. The van der Waals surface area contributed by atoms with Crippen LogP contribution in [0.15, 0.2) is 36.0 Å². The van der Waals surface area contributed by atoms with Crippen LogP contribution in [-0.2, 0) is 9.53 Å². The van der Waals surface area contributed by atoms with Crippen LogP contribution in [0.5, 0.6) is 0 Å². The maximum absolute atomic E-state index is 11.0. The van der Waals surface area contributed by atoms with Crippen molar-refractivity contribution in [1.82, 2.24) is 0 Å². The molecule has 0 heterocycles. The molecule has 0 aliphatic heterocycles. The molecule has 0 fully saturated rings. The predicted molar refractivity (Wildman–Crippen MR) is 52.1 cm³/mol. The molecule has 0 N–H and O–H groups in total. The van der Waals surface area contributed by atoms with Gasteiger partial charge in [0.25, 0.3) is 0 Å². The van der Waals surface area contributed by atoms with Gasteiger partial charge in [0.05, 0.1) is 25.5 Å². The van der Waals surface area contributed by atoms with E-state index in [1.165, 1.54) is 7.11 Å². The lowest BCUT2D eigenvalue weighted by Gasteiger charge is -1.98. The van der Waals surface area contributed by atoms with E-state index >= 15 is 0 Å². The van der Waals surface area contributed by atoms with Crippen LogP contribution in [0.2, 0.25) is 0 Å². The number of nitriles is 1. The number of hydrogen-bond acceptors (Lipinski definition) is 3. The van der Waals surface area contributed by atoms with Crippen LogP contribution in [0.4, 0.5) is 0 Å². The average Bonchev–Trinajstić information content (AvgIpc) is 2.43. The topological polar surface area (TPSA) is 50.1 Å². The molecule has 1 aliphatic rings. The third-order valence-corrected chi connectivity index (χ3v) is 1.87. The van der Waals surface area contributed by atoms with Crippen molar-refractivity contribution < 1.29 is 9.53 Å². The highest BCUT2D eigenvalue weighted by molar-refractivity contribution is 5.73. The molecule has 0 radical (unpaired) electrons. The fourth-order valence-electron chi connectivity index (χ4n) is 1.09. The molecule has 1 rings (SSSR count). The summed E-state index contributed by atoms with van der Waals surface area (Å²) in [4.78, 5) is 11.0. The number of carbonyl (C=O) groups is 1. The zero-order valence-electron chi connectivity index (χ0n) is 7.93. The van der Waals surface area contributed by atoms with Gasteiger partial charge in [0.1, 0.15) is 0 Å². The molecule has 3 heteroatoms. The summed E-state index contributed by atoms with van der Waals surface area (Å²) in [6.45, 7) is 0. The van der Waals surface area contributed by atoms with E-state index in [2.05, 4.69) is 10.8 Å². The Balaban J connectivity index is 2.66. The molecule has 1 unspecified atom stereocenters. The zero-order valence-corrected chi connectivity index (χ0v) is 7.93. The average molecular weight is 189 g/mol. The SMILES string of the molecule is COC(=O)CC1=CC=CC(C#N)C=C1. The van der Waals surface area contributed by atoms with Crippen LogP contribution in [0.1, 0.15) is 6.42 Å². The molecule has 0 aromatic heterocycles. The third-order valence-electron chi connectivity index (χ3n) is 1.87. The van der Waals surface area contributed by atoms with Crippen LogP contribution < -0.4 is 0 Å². The monoisotopic (exact) mass is 189 g/mol. The number of esters is 1. The van der Waals surface area contributed by atoms with Crippen molar-refractivity contribution in [2.45, 2.75) is 6.42 Å². The third kappa shape index (κ3) is 2.91. The normalized spacial score (nSPS) is 19.4. The minimum Gasteiger partial charge on any atom is -0.469 e. The van der Waals surface area contributed by atoms with Crippen LogP contribution in [0, 0.1) is 17.2 Å². The Bertz CT molecular complexity index is 345. The van der Waals surface area contributed by atoms with Gasteiger partial charge < -0.3 is 4.74 Å². The molecule has 0 amide bonds. The summed E-state index contributed by atoms with van der Waals surface area (Å²) in [6.07, 6.45) is 9.16. The smallest absolute Gasteiger partial charge is 0.309 e. The molecule has 1 aliphatic carbocycles. The maximum Gasteiger partial charge on any atom is 0.309 e.